The van der Waals surface area contributed by atoms with Crippen LogP contribution in [0.3, 0.4) is 0 Å². The molecule has 0 radical (unpaired) electrons. The summed E-state index contributed by atoms with van der Waals surface area (Å²) in [7, 11) is 0. The molecule has 0 spiro atoms. The number of fused-ring (bicyclic) bond motifs is 1. The summed E-state index contributed by atoms with van der Waals surface area (Å²) in [6.07, 6.45) is -0.00832. The molecule has 34 heavy (non-hydrogen) atoms. The third-order valence-corrected chi connectivity index (χ3v) is 5.92. The molecule has 0 saturated carbocycles. The minimum atomic E-state index is -4.62. The molecule has 1 aromatic carbocycles. The molecule has 11 heteroatoms. The molecule has 1 saturated heterocycles. The number of urea groups is 1. The summed E-state index contributed by atoms with van der Waals surface area (Å²) >= 11 is 0. The quantitative estimate of drug-likeness (QED) is 0.382. The number of ether oxygens (including phenoxy) is 1. The van der Waals surface area contributed by atoms with E-state index in [1.165, 1.54) is 17.0 Å². The van der Waals surface area contributed by atoms with Gasteiger partial charge >= 0.3 is 12.2 Å². The number of benzene rings is 1. The Morgan fingerprint density at radius 3 is 2.71 bits per heavy atom. The SMILES string of the molecule is CCCc1c(OCCCN2C(=O)NC(=O)C2(C)c2cccnc2)ccc2c(C(F)(F)F)noc12. The van der Waals surface area contributed by atoms with Crippen molar-refractivity contribution < 1.29 is 32.0 Å². The van der Waals surface area contributed by atoms with Crippen molar-refractivity contribution in [1.29, 1.82) is 0 Å². The average molecular weight is 476 g/mol. The smallest absolute Gasteiger partial charge is 0.437 e. The summed E-state index contributed by atoms with van der Waals surface area (Å²) in [6, 6.07) is 5.68. The van der Waals surface area contributed by atoms with Crippen molar-refractivity contribution in [1.82, 2.24) is 20.4 Å². The zero-order valence-corrected chi connectivity index (χ0v) is 18.6. The van der Waals surface area contributed by atoms with E-state index in [0.29, 0.717) is 36.1 Å². The van der Waals surface area contributed by atoms with Crippen molar-refractivity contribution in [3.8, 4) is 5.75 Å². The van der Waals surface area contributed by atoms with Crippen LogP contribution in [0.4, 0.5) is 18.0 Å². The molecule has 1 unspecified atom stereocenters. The van der Waals surface area contributed by atoms with E-state index < -0.39 is 29.3 Å². The number of amides is 3. The second-order valence-electron chi connectivity index (χ2n) is 8.12. The van der Waals surface area contributed by atoms with Crippen LogP contribution in [0.1, 0.15) is 43.5 Å². The lowest BCUT2D eigenvalue weighted by Crippen LogP contribution is -2.45. The number of hydrogen-bond acceptors (Lipinski definition) is 6. The van der Waals surface area contributed by atoms with Crippen molar-refractivity contribution in [2.75, 3.05) is 13.2 Å². The fourth-order valence-electron chi connectivity index (χ4n) is 4.15. The summed E-state index contributed by atoms with van der Waals surface area (Å²) in [4.78, 5) is 30.5. The van der Waals surface area contributed by atoms with Crippen molar-refractivity contribution >= 4 is 22.9 Å². The fourth-order valence-corrected chi connectivity index (χ4v) is 4.15. The Kier molecular flexibility index (Phi) is 6.20. The van der Waals surface area contributed by atoms with E-state index in [9.17, 15) is 22.8 Å². The van der Waals surface area contributed by atoms with Gasteiger partial charge in [-0.3, -0.25) is 15.1 Å². The molecule has 0 bridgehead atoms. The Bertz CT molecular complexity index is 1210. The molecule has 1 fully saturated rings. The first-order valence-electron chi connectivity index (χ1n) is 10.8. The number of hydrogen-bond donors (Lipinski definition) is 1. The predicted octanol–water partition coefficient (Wildman–Crippen LogP) is 4.43. The molecule has 2 aromatic heterocycles. The standard InChI is InChI=1S/C23H23F3N4O4/c1-3-6-15-17(9-8-16-18(15)34-29-19(16)23(24,25)26)33-12-5-11-30-21(32)28-20(31)22(30,2)14-7-4-10-27-13-14/h4,7-10,13H,3,5-6,11-12H2,1-2H3,(H,28,31,32). The van der Waals surface area contributed by atoms with E-state index in [4.69, 9.17) is 9.26 Å². The van der Waals surface area contributed by atoms with Gasteiger partial charge in [0.05, 0.1) is 12.0 Å². The number of carbonyl (C=O) groups is 2. The van der Waals surface area contributed by atoms with Crippen LogP contribution in [0.5, 0.6) is 5.75 Å². The van der Waals surface area contributed by atoms with Crippen molar-refractivity contribution in [3.63, 3.8) is 0 Å². The number of pyridine rings is 1. The Labute approximate surface area is 193 Å². The predicted molar refractivity (Wildman–Crippen MR) is 115 cm³/mol. The van der Waals surface area contributed by atoms with Gasteiger partial charge in [0.25, 0.3) is 5.91 Å². The molecular weight excluding hydrogens is 453 g/mol. The summed E-state index contributed by atoms with van der Waals surface area (Å²) in [5, 5.41) is 5.45. The van der Waals surface area contributed by atoms with Gasteiger partial charge in [-0.2, -0.15) is 13.2 Å². The molecule has 4 rings (SSSR count). The van der Waals surface area contributed by atoms with Crippen LogP contribution in [-0.4, -0.2) is 40.1 Å². The molecule has 3 heterocycles. The van der Waals surface area contributed by atoms with Gasteiger partial charge in [0.2, 0.25) is 0 Å². The molecular formula is C23H23F3N4O4. The van der Waals surface area contributed by atoms with E-state index in [1.807, 2.05) is 6.92 Å². The zero-order valence-electron chi connectivity index (χ0n) is 18.6. The number of imide groups is 1. The molecule has 3 aromatic rings. The van der Waals surface area contributed by atoms with Gasteiger partial charge in [0.1, 0.15) is 11.3 Å². The van der Waals surface area contributed by atoms with E-state index >= 15 is 0 Å². The monoisotopic (exact) mass is 476 g/mol. The minimum absolute atomic E-state index is 0.0559. The average Bonchev–Trinajstić information content (AvgIpc) is 3.33. The van der Waals surface area contributed by atoms with Crippen LogP contribution in [0.15, 0.2) is 41.2 Å². The number of aromatic nitrogens is 2. The Hall–Kier alpha value is -3.63. The summed E-state index contributed by atoms with van der Waals surface area (Å²) in [6.45, 7) is 3.94. The molecule has 180 valence electrons. The van der Waals surface area contributed by atoms with Crippen molar-refractivity contribution in [2.45, 2.75) is 44.8 Å². The third kappa shape index (κ3) is 4.06. The number of alkyl halides is 3. The van der Waals surface area contributed by atoms with Crippen LogP contribution in [0, 0.1) is 0 Å². The van der Waals surface area contributed by atoms with Crippen molar-refractivity contribution in [2.24, 2.45) is 0 Å². The van der Waals surface area contributed by atoms with Gasteiger partial charge in [-0.25, -0.2) is 4.79 Å². The largest absolute Gasteiger partial charge is 0.493 e. The topological polar surface area (TPSA) is 97.6 Å². The van der Waals surface area contributed by atoms with Crippen molar-refractivity contribution in [3.05, 3.63) is 53.5 Å². The molecule has 8 nitrogen and oxygen atoms in total. The molecule has 1 aliphatic rings. The number of aryl methyl sites for hydroxylation is 1. The molecule has 1 atom stereocenters. The van der Waals surface area contributed by atoms with E-state index in [0.717, 1.165) is 0 Å². The lowest BCUT2D eigenvalue weighted by atomic mass is 9.92. The lowest BCUT2D eigenvalue weighted by Gasteiger charge is -2.32. The zero-order chi connectivity index (χ0) is 24.5. The Morgan fingerprint density at radius 2 is 2.03 bits per heavy atom. The summed E-state index contributed by atoms with van der Waals surface area (Å²) in [5.41, 5.74) is -1.12. The van der Waals surface area contributed by atoms with Crippen LogP contribution in [-0.2, 0) is 22.9 Å². The number of halogens is 3. The van der Waals surface area contributed by atoms with Gasteiger partial charge in [-0.1, -0.05) is 24.6 Å². The Morgan fingerprint density at radius 1 is 1.24 bits per heavy atom. The number of carbonyl (C=O) groups excluding carboxylic acids is 2. The van der Waals surface area contributed by atoms with Crippen LogP contribution >= 0.6 is 0 Å². The highest BCUT2D eigenvalue weighted by Crippen LogP contribution is 2.38. The highest BCUT2D eigenvalue weighted by atomic mass is 19.4. The summed E-state index contributed by atoms with van der Waals surface area (Å²) < 4.78 is 50.5. The first-order chi connectivity index (χ1) is 16.2. The second-order valence-corrected chi connectivity index (χ2v) is 8.12. The van der Waals surface area contributed by atoms with Gasteiger partial charge in [-0.15, -0.1) is 0 Å². The van der Waals surface area contributed by atoms with Gasteiger partial charge in [0.15, 0.2) is 11.3 Å². The van der Waals surface area contributed by atoms with Gasteiger partial charge < -0.3 is 14.2 Å². The van der Waals surface area contributed by atoms with Gasteiger partial charge in [-0.05, 0) is 38.0 Å². The van der Waals surface area contributed by atoms with Crippen LogP contribution in [0.2, 0.25) is 0 Å². The van der Waals surface area contributed by atoms with E-state index in [2.05, 4.69) is 15.5 Å². The maximum Gasteiger partial charge on any atom is 0.437 e. The van der Waals surface area contributed by atoms with Gasteiger partial charge in [0, 0.05) is 30.1 Å². The highest BCUT2D eigenvalue weighted by Gasteiger charge is 2.50. The fraction of sp³-hybridized carbons (Fsp3) is 0.391. The molecule has 3 amide bonds. The highest BCUT2D eigenvalue weighted by molar-refractivity contribution is 6.07. The molecule has 1 N–H and O–H groups in total. The third-order valence-electron chi connectivity index (χ3n) is 5.92. The maximum atomic E-state index is 13.2. The number of nitrogens with one attached hydrogen (secondary N) is 1. The molecule has 1 aliphatic heterocycles. The van der Waals surface area contributed by atoms with E-state index in [1.54, 1.807) is 31.5 Å². The van der Waals surface area contributed by atoms with Crippen LogP contribution in [0.25, 0.3) is 11.0 Å². The maximum absolute atomic E-state index is 13.2. The number of rotatable bonds is 8. The lowest BCUT2D eigenvalue weighted by molar-refractivity contribution is -0.141. The minimum Gasteiger partial charge on any atom is -0.493 e. The first kappa shape index (κ1) is 23.5. The molecule has 0 aliphatic carbocycles. The Balaban J connectivity index is 1.49. The first-order valence-corrected chi connectivity index (χ1v) is 10.8. The second kappa shape index (κ2) is 8.96. The van der Waals surface area contributed by atoms with Crippen LogP contribution < -0.4 is 10.1 Å². The summed E-state index contributed by atoms with van der Waals surface area (Å²) in [5.74, 6) is -0.0379. The van der Waals surface area contributed by atoms with E-state index in [-0.39, 0.29) is 24.1 Å². The number of nitrogens with zero attached hydrogens (tertiary/aromatic N) is 3. The normalized spacial score (nSPS) is 18.6.